The van der Waals surface area contributed by atoms with Crippen molar-refractivity contribution >= 4 is 5.91 Å². The van der Waals surface area contributed by atoms with Gasteiger partial charge in [-0.05, 0) is 27.2 Å². The molecule has 0 fully saturated rings. The summed E-state index contributed by atoms with van der Waals surface area (Å²) in [4.78, 5) is 16.0. The van der Waals surface area contributed by atoms with E-state index in [1.165, 1.54) is 11.0 Å². The Kier molecular flexibility index (Phi) is 4.22. The summed E-state index contributed by atoms with van der Waals surface area (Å²) >= 11 is 0. The molecule has 17 heavy (non-hydrogen) atoms. The Morgan fingerprint density at radius 1 is 1.65 bits per heavy atom. The van der Waals surface area contributed by atoms with Crippen LogP contribution in [0.5, 0.6) is 0 Å². The number of carbonyl (C=O) groups is 1. The second kappa shape index (κ2) is 5.27. The third-order valence-corrected chi connectivity index (χ3v) is 2.86. The number of amides is 1. The summed E-state index contributed by atoms with van der Waals surface area (Å²) in [6, 6.07) is -0.381. The van der Waals surface area contributed by atoms with Crippen molar-refractivity contribution in [2.24, 2.45) is 5.73 Å². The zero-order valence-electron chi connectivity index (χ0n) is 10.9. The summed E-state index contributed by atoms with van der Waals surface area (Å²) in [7, 11) is 0. The van der Waals surface area contributed by atoms with Crippen LogP contribution in [0.25, 0.3) is 0 Å². The summed E-state index contributed by atoms with van der Waals surface area (Å²) in [5.41, 5.74) is 5.22. The maximum absolute atomic E-state index is 12.0. The van der Waals surface area contributed by atoms with Gasteiger partial charge in [0.2, 0.25) is 5.91 Å². The number of hydrogen-bond acceptors (Lipinski definition) is 4. The molecule has 1 unspecified atom stereocenters. The Morgan fingerprint density at radius 2 is 2.29 bits per heavy atom. The van der Waals surface area contributed by atoms with E-state index in [0.717, 1.165) is 6.42 Å². The highest BCUT2D eigenvalue weighted by Crippen LogP contribution is 2.11. The second-order valence-corrected chi connectivity index (χ2v) is 4.75. The van der Waals surface area contributed by atoms with Crippen molar-refractivity contribution in [1.29, 1.82) is 0 Å². The van der Waals surface area contributed by atoms with Gasteiger partial charge in [0.15, 0.2) is 5.82 Å². The number of rotatable bonds is 5. The summed E-state index contributed by atoms with van der Waals surface area (Å²) < 4.78 is 1.53. The third-order valence-electron chi connectivity index (χ3n) is 2.86. The lowest BCUT2D eigenvalue weighted by molar-refractivity contribution is -0.125. The highest BCUT2D eigenvalue weighted by molar-refractivity contribution is 5.80. The van der Waals surface area contributed by atoms with Gasteiger partial charge in [-0.2, -0.15) is 5.10 Å². The molecule has 0 aliphatic carbocycles. The monoisotopic (exact) mass is 239 g/mol. The lowest BCUT2D eigenvalue weighted by Crippen LogP contribution is -2.45. The molecule has 0 saturated carbocycles. The fourth-order valence-corrected chi connectivity index (χ4v) is 1.24. The number of aromatic nitrogens is 3. The standard InChI is InChI=1S/C11H21N5O/c1-5-11(3,4)14-10(17)8(2)16-7-13-9(6-12)15-16/h7-8H,5-6,12H2,1-4H3,(H,14,17). The van der Waals surface area contributed by atoms with Crippen LogP contribution >= 0.6 is 0 Å². The van der Waals surface area contributed by atoms with Crippen LogP contribution in [-0.4, -0.2) is 26.2 Å². The first kappa shape index (κ1) is 13.6. The molecule has 0 aromatic carbocycles. The highest BCUT2D eigenvalue weighted by Gasteiger charge is 2.23. The van der Waals surface area contributed by atoms with Crippen LogP contribution in [0.3, 0.4) is 0 Å². The molecular weight excluding hydrogens is 218 g/mol. The molecule has 96 valence electrons. The lowest BCUT2D eigenvalue weighted by Gasteiger charge is -2.26. The molecule has 1 aromatic heterocycles. The molecule has 0 aliphatic rings. The van der Waals surface area contributed by atoms with E-state index in [-0.39, 0.29) is 24.0 Å². The second-order valence-electron chi connectivity index (χ2n) is 4.75. The molecule has 1 rings (SSSR count). The predicted octanol–water partition coefficient (Wildman–Crippen LogP) is 0.603. The molecule has 1 aromatic rings. The van der Waals surface area contributed by atoms with Crippen LogP contribution in [-0.2, 0) is 11.3 Å². The molecule has 0 bridgehead atoms. The smallest absolute Gasteiger partial charge is 0.245 e. The van der Waals surface area contributed by atoms with Gasteiger partial charge in [-0.25, -0.2) is 9.67 Å². The van der Waals surface area contributed by atoms with Gasteiger partial charge in [-0.1, -0.05) is 6.92 Å². The lowest BCUT2D eigenvalue weighted by atomic mass is 10.0. The number of nitrogens with zero attached hydrogens (tertiary/aromatic N) is 3. The average molecular weight is 239 g/mol. The number of carbonyl (C=O) groups excluding carboxylic acids is 1. The molecule has 3 N–H and O–H groups in total. The maximum atomic E-state index is 12.0. The van der Waals surface area contributed by atoms with E-state index >= 15 is 0 Å². The molecule has 1 atom stereocenters. The van der Waals surface area contributed by atoms with Crippen LogP contribution < -0.4 is 11.1 Å². The van der Waals surface area contributed by atoms with Crippen LogP contribution in [0.1, 0.15) is 46.0 Å². The largest absolute Gasteiger partial charge is 0.349 e. The van der Waals surface area contributed by atoms with Crippen LogP contribution in [0.2, 0.25) is 0 Å². The summed E-state index contributed by atoms with van der Waals surface area (Å²) in [6.07, 6.45) is 2.41. The first-order chi connectivity index (χ1) is 7.89. The van der Waals surface area contributed by atoms with Crippen molar-refractivity contribution < 1.29 is 4.79 Å². The first-order valence-corrected chi connectivity index (χ1v) is 5.81. The number of nitrogens with two attached hydrogens (primary N) is 1. The molecular formula is C11H21N5O. The third kappa shape index (κ3) is 3.52. The van der Waals surface area contributed by atoms with E-state index in [4.69, 9.17) is 5.73 Å². The first-order valence-electron chi connectivity index (χ1n) is 5.81. The maximum Gasteiger partial charge on any atom is 0.245 e. The Hall–Kier alpha value is -1.43. The van der Waals surface area contributed by atoms with E-state index in [9.17, 15) is 4.79 Å². The minimum atomic E-state index is -0.381. The minimum Gasteiger partial charge on any atom is -0.349 e. The summed E-state index contributed by atoms with van der Waals surface area (Å²) in [5.74, 6) is 0.477. The van der Waals surface area contributed by atoms with Gasteiger partial charge in [0.05, 0.1) is 6.54 Å². The normalized spacial score (nSPS) is 13.5. The fraction of sp³-hybridized carbons (Fsp3) is 0.727. The number of hydrogen-bond donors (Lipinski definition) is 2. The molecule has 0 radical (unpaired) electrons. The Bertz CT molecular complexity index is 385. The topological polar surface area (TPSA) is 85.8 Å². The molecule has 0 spiro atoms. The van der Waals surface area contributed by atoms with Gasteiger partial charge < -0.3 is 11.1 Å². The molecule has 1 heterocycles. The average Bonchev–Trinajstić information content (AvgIpc) is 2.76. The van der Waals surface area contributed by atoms with Crippen LogP contribution in [0.15, 0.2) is 6.33 Å². The van der Waals surface area contributed by atoms with Crippen molar-refractivity contribution in [3.8, 4) is 0 Å². The van der Waals surface area contributed by atoms with Gasteiger partial charge in [-0.3, -0.25) is 4.79 Å². The zero-order valence-corrected chi connectivity index (χ0v) is 10.9. The molecule has 6 heteroatoms. The van der Waals surface area contributed by atoms with Crippen molar-refractivity contribution in [2.75, 3.05) is 0 Å². The molecule has 1 amide bonds. The predicted molar refractivity (Wildman–Crippen MR) is 65.1 cm³/mol. The number of nitrogens with one attached hydrogen (secondary N) is 1. The van der Waals surface area contributed by atoms with Crippen molar-refractivity contribution in [1.82, 2.24) is 20.1 Å². The van der Waals surface area contributed by atoms with Crippen LogP contribution in [0, 0.1) is 0 Å². The quantitative estimate of drug-likeness (QED) is 0.788. The van der Waals surface area contributed by atoms with Crippen molar-refractivity contribution in [2.45, 2.75) is 52.2 Å². The molecule has 0 aliphatic heterocycles. The van der Waals surface area contributed by atoms with Gasteiger partial charge in [-0.15, -0.1) is 0 Å². The Balaban J connectivity index is 2.69. The van der Waals surface area contributed by atoms with Gasteiger partial charge >= 0.3 is 0 Å². The SMILES string of the molecule is CCC(C)(C)NC(=O)C(C)n1cnc(CN)n1. The van der Waals surface area contributed by atoms with Crippen molar-refractivity contribution in [3.63, 3.8) is 0 Å². The molecule has 6 nitrogen and oxygen atoms in total. The highest BCUT2D eigenvalue weighted by atomic mass is 16.2. The van der Waals surface area contributed by atoms with E-state index < -0.39 is 0 Å². The summed E-state index contributed by atoms with van der Waals surface area (Å²) in [5, 5.41) is 7.10. The van der Waals surface area contributed by atoms with Crippen molar-refractivity contribution in [3.05, 3.63) is 12.2 Å². The molecule has 0 saturated heterocycles. The zero-order chi connectivity index (χ0) is 13.1. The van der Waals surface area contributed by atoms with Gasteiger partial charge in [0, 0.05) is 5.54 Å². The minimum absolute atomic E-state index is 0.0645. The Morgan fingerprint density at radius 3 is 2.76 bits per heavy atom. The van der Waals surface area contributed by atoms with E-state index in [1.54, 1.807) is 6.92 Å². The fourth-order valence-electron chi connectivity index (χ4n) is 1.24. The van der Waals surface area contributed by atoms with Gasteiger partial charge in [0.25, 0.3) is 0 Å². The summed E-state index contributed by atoms with van der Waals surface area (Å²) in [6.45, 7) is 8.08. The van der Waals surface area contributed by atoms with E-state index in [1.807, 2.05) is 20.8 Å². The van der Waals surface area contributed by atoms with Gasteiger partial charge in [0.1, 0.15) is 12.4 Å². The van der Waals surface area contributed by atoms with Crippen LogP contribution in [0.4, 0.5) is 0 Å². The Labute approximate surface area is 102 Å². The van der Waals surface area contributed by atoms with E-state index in [0.29, 0.717) is 5.82 Å². The van der Waals surface area contributed by atoms with E-state index in [2.05, 4.69) is 15.4 Å².